The quantitative estimate of drug-likeness (QED) is 0.808. The third-order valence-electron chi connectivity index (χ3n) is 4.00. The minimum absolute atomic E-state index is 0.187. The number of thiocarbonyl (C=S) groups is 1. The summed E-state index contributed by atoms with van der Waals surface area (Å²) < 4.78 is 0. The van der Waals surface area contributed by atoms with E-state index in [1.807, 2.05) is 0 Å². The van der Waals surface area contributed by atoms with Gasteiger partial charge in [-0.05, 0) is 55.1 Å². The van der Waals surface area contributed by atoms with Crippen molar-refractivity contribution in [1.29, 1.82) is 5.26 Å². The Morgan fingerprint density at radius 3 is 3.08 bits per heavy atom. The monoisotopic (exact) mass is 356 g/mol. The summed E-state index contributed by atoms with van der Waals surface area (Å²) in [4.78, 5) is 17.3. The predicted molar refractivity (Wildman–Crippen MR) is 98.1 cm³/mol. The molecular weight excluding hydrogens is 340 g/mol. The molecule has 2 aromatic heterocycles. The number of anilines is 1. The van der Waals surface area contributed by atoms with Crippen molar-refractivity contribution in [3.8, 4) is 6.07 Å². The molecule has 0 saturated carbocycles. The van der Waals surface area contributed by atoms with Crippen LogP contribution in [-0.4, -0.2) is 16.0 Å². The number of nitrogens with zero attached hydrogens (tertiary/aromatic N) is 2. The Bertz CT molecular complexity index is 823. The van der Waals surface area contributed by atoms with Crippen LogP contribution in [0.2, 0.25) is 0 Å². The van der Waals surface area contributed by atoms with Crippen LogP contribution in [-0.2, 0) is 12.8 Å². The average Bonchev–Trinajstić information content (AvgIpc) is 2.91. The molecule has 1 atom stereocenters. The van der Waals surface area contributed by atoms with E-state index in [0.717, 1.165) is 24.8 Å². The molecule has 1 aliphatic rings. The van der Waals surface area contributed by atoms with Crippen molar-refractivity contribution in [1.82, 2.24) is 10.3 Å². The highest BCUT2D eigenvalue weighted by Crippen LogP contribution is 2.39. The maximum Gasteiger partial charge on any atom is 0.258 e. The lowest BCUT2D eigenvalue weighted by molar-refractivity contribution is 0.0977. The summed E-state index contributed by atoms with van der Waals surface area (Å²) in [6.45, 7) is 2.22. The van der Waals surface area contributed by atoms with Crippen molar-refractivity contribution in [3.05, 3.63) is 46.1 Å². The van der Waals surface area contributed by atoms with E-state index in [1.165, 1.54) is 11.1 Å². The van der Waals surface area contributed by atoms with Gasteiger partial charge in [0, 0.05) is 17.3 Å². The molecule has 1 aliphatic carbocycles. The highest BCUT2D eigenvalue weighted by atomic mass is 32.1. The minimum atomic E-state index is -0.325. The molecule has 0 saturated heterocycles. The van der Waals surface area contributed by atoms with Crippen LogP contribution >= 0.6 is 23.6 Å². The number of nitriles is 1. The normalized spacial score (nSPS) is 15.9. The fourth-order valence-corrected chi connectivity index (χ4v) is 4.39. The van der Waals surface area contributed by atoms with Gasteiger partial charge in [0.1, 0.15) is 11.1 Å². The van der Waals surface area contributed by atoms with Gasteiger partial charge in [-0.3, -0.25) is 15.1 Å². The number of rotatable bonds is 2. The number of pyridine rings is 1. The molecule has 0 radical (unpaired) electrons. The van der Waals surface area contributed by atoms with E-state index in [-0.39, 0.29) is 11.0 Å². The van der Waals surface area contributed by atoms with Crippen molar-refractivity contribution in [2.24, 2.45) is 5.92 Å². The number of amides is 1. The lowest BCUT2D eigenvalue weighted by Gasteiger charge is -2.17. The van der Waals surface area contributed by atoms with Gasteiger partial charge in [0.25, 0.3) is 5.91 Å². The van der Waals surface area contributed by atoms with E-state index >= 15 is 0 Å². The maximum atomic E-state index is 12.1. The zero-order valence-electron chi connectivity index (χ0n) is 13.1. The molecule has 2 heterocycles. The van der Waals surface area contributed by atoms with Crippen LogP contribution < -0.4 is 10.6 Å². The largest absolute Gasteiger partial charge is 0.323 e. The SMILES string of the molecule is C[C@H]1CCc2c(sc(NC(=S)NC(=O)c3cccnc3)c2C#N)C1. The van der Waals surface area contributed by atoms with Crippen molar-refractivity contribution >= 4 is 39.6 Å². The fraction of sp³-hybridized carbons (Fsp3) is 0.294. The summed E-state index contributed by atoms with van der Waals surface area (Å²) in [5.74, 6) is 0.307. The zero-order chi connectivity index (χ0) is 17.1. The number of carbonyl (C=O) groups excluding carboxylic acids is 1. The second-order valence-electron chi connectivity index (χ2n) is 5.82. The van der Waals surface area contributed by atoms with Gasteiger partial charge in [-0.25, -0.2) is 0 Å². The van der Waals surface area contributed by atoms with E-state index in [2.05, 4.69) is 28.6 Å². The summed E-state index contributed by atoms with van der Waals surface area (Å²) in [5.41, 5.74) is 2.21. The van der Waals surface area contributed by atoms with Crippen LogP contribution in [0.25, 0.3) is 0 Å². The van der Waals surface area contributed by atoms with Crippen molar-refractivity contribution in [2.75, 3.05) is 5.32 Å². The van der Waals surface area contributed by atoms with Crippen molar-refractivity contribution in [3.63, 3.8) is 0 Å². The van der Waals surface area contributed by atoms with Gasteiger partial charge >= 0.3 is 0 Å². The first kappa shape index (κ1) is 16.6. The molecule has 2 aromatic rings. The Morgan fingerprint density at radius 1 is 1.54 bits per heavy atom. The third-order valence-corrected chi connectivity index (χ3v) is 5.38. The Hall–Kier alpha value is -2.30. The number of carbonyl (C=O) groups is 1. The highest BCUT2D eigenvalue weighted by Gasteiger charge is 2.24. The zero-order valence-corrected chi connectivity index (χ0v) is 14.8. The number of hydrogen-bond donors (Lipinski definition) is 2. The van der Waals surface area contributed by atoms with Gasteiger partial charge < -0.3 is 5.32 Å². The van der Waals surface area contributed by atoms with Gasteiger partial charge in [0.2, 0.25) is 0 Å². The molecular formula is C17H16N4OS2. The summed E-state index contributed by atoms with van der Waals surface area (Å²) in [7, 11) is 0. The molecule has 0 unspecified atom stereocenters. The molecule has 2 N–H and O–H groups in total. The first-order valence-corrected chi connectivity index (χ1v) is 8.88. The second kappa shape index (κ2) is 7.07. The molecule has 122 valence electrons. The van der Waals surface area contributed by atoms with Gasteiger partial charge in [0.15, 0.2) is 5.11 Å². The molecule has 0 spiro atoms. The van der Waals surface area contributed by atoms with Crippen LogP contribution in [0, 0.1) is 17.2 Å². The third kappa shape index (κ3) is 3.45. The first-order valence-electron chi connectivity index (χ1n) is 7.65. The number of hydrogen-bond acceptors (Lipinski definition) is 5. The van der Waals surface area contributed by atoms with Crippen LogP contribution in [0.1, 0.15) is 39.7 Å². The standard InChI is InChI=1S/C17H16N4OS2/c1-10-4-5-12-13(8-18)16(24-14(12)7-10)21-17(23)20-15(22)11-3-2-6-19-9-11/h2-3,6,9-10H,4-5,7H2,1H3,(H2,20,21,22,23)/t10-/m0/s1. The van der Waals surface area contributed by atoms with Crippen molar-refractivity contribution in [2.45, 2.75) is 26.2 Å². The second-order valence-corrected chi connectivity index (χ2v) is 7.33. The fourth-order valence-electron chi connectivity index (χ4n) is 2.76. The average molecular weight is 356 g/mol. The maximum absolute atomic E-state index is 12.1. The Balaban J connectivity index is 1.73. The van der Waals surface area contributed by atoms with E-state index in [0.29, 0.717) is 22.0 Å². The molecule has 0 aromatic carbocycles. The van der Waals surface area contributed by atoms with Gasteiger partial charge in [-0.15, -0.1) is 11.3 Å². The molecule has 0 bridgehead atoms. The van der Waals surface area contributed by atoms with Crippen LogP contribution in [0.15, 0.2) is 24.5 Å². The first-order chi connectivity index (χ1) is 11.6. The van der Waals surface area contributed by atoms with Crippen LogP contribution in [0.4, 0.5) is 5.00 Å². The topological polar surface area (TPSA) is 77.8 Å². The number of nitrogens with one attached hydrogen (secondary N) is 2. The minimum Gasteiger partial charge on any atom is -0.323 e. The molecule has 5 nitrogen and oxygen atoms in total. The lowest BCUT2D eigenvalue weighted by atomic mass is 9.89. The van der Waals surface area contributed by atoms with Gasteiger partial charge in [-0.2, -0.15) is 5.26 Å². The van der Waals surface area contributed by atoms with E-state index in [1.54, 1.807) is 29.7 Å². The Kier molecular flexibility index (Phi) is 4.88. The van der Waals surface area contributed by atoms with E-state index in [4.69, 9.17) is 12.2 Å². The van der Waals surface area contributed by atoms with Gasteiger partial charge in [0.05, 0.1) is 11.1 Å². The van der Waals surface area contributed by atoms with Crippen LogP contribution in [0.3, 0.4) is 0 Å². The predicted octanol–water partition coefficient (Wildman–Crippen LogP) is 3.27. The number of aromatic nitrogens is 1. The molecule has 24 heavy (non-hydrogen) atoms. The lowest BCUT2D eigenvalue weighted by Crippen LogP contribution is -2.34. The molecule has 7 heteroatoms. The summed E-state index contributed by atoms with van der Waals surface area (Å²) >= 11 is 6.77. The smallest absolute Gasteiger partial charge is 0.258 e. The van der Waals surface area contributed by atoms with Crippen molar-refractivity contribution < 1.29 is 4.79 Å². The highest BCUT2D eigenvalue weighted by molar-refractivity contribution is 7.80. The Morgan fingerprint density at radius 2 is 2.38 bits per heavy atom. The van der Waals surface area contributed by atoms with Crippen LogP contribution in [0.5, 0.6) is 0 Å². The molecule has 3 rings (SSSR count). The molecule has 1 amide bonds. The number of thiophene rings is 1. The van der Waals surface area contributed by atoms with E-state index in [9.17, 15) is 10.1 Å². The van der Waals surface area contributed by atoms with Gasteiger partial charge in [-0.1, -0.05) is 6.92 Å². The summed E-state index contributed by atoms with van der Waals surface area (Å²) in [6.07, 6.45) is 6.09. The Labute approximate surface area is 149 Å². The summed E-state index contributed by atoms with van der Waals surface area (Å²) in [6, 6.07) is 5.63. The van der Waals surface area contributed by atoms with E-state index < -0.39 is 0 Å². The molecule has 0 fully saturated rings. The molecule has 0 aliphatic heterocycles. The number of fused-ring (bicyclic) bond motifs is 1. The summed E-state index contributed by atoms with van der Waals surface area (Å²) in [5, 5.41) is 16.0.